The van der Waals surface area contributed by atoms with Gasteiger partial charge in [0.05, 0.1) is 19.7 Å². The number of nitrogens with zero attached hydrogens (tertiary/aromatic N) is 5. The van der Waals surface area contributed by atoms with Gasteiger partial charge < -0.3 is 4.74 Å². The molecule has 4 rings (SSSR count). The van der Waals surface area contributed by atoms with Gasteiger partial charge in [-0.15, -0.1) is 16.4 Å². The first kappa shape index (κ1) is 19.7. The Morgan fingerprint density at radius 3 is 2.66 bits per heavy atom. The van der Waals surface area contributed by atoms with Gasteiger partial charge in [0.1, 0.15) is 5.75 Å². The van der Waals surface area contributed by atoms with Gasteiger partial charge in [-0.25, -0.2) is 4.68 Å². The fourth-order valence-electron chi connectivity index (χ4n) is 3.68. The van der Waals surface area contributed by atoms with Crippen LogP contribution in [0.5, 0.6) is 5.75 Å². The molecule has 0 saturated carbocycles. The maximum atomic E-state index is 12.8. The predicted octanol–water partition coefficient (Wildman–Crippen LogP) is 3.28. The van der Waals surface area contributed by atoms with E-state index in [0.29, 0.717) is 19.7 Å². The number of rotatable bonds is 8. The van der Waals surface area contributed by atoms with E-state index in [-0.39, 0.29) is 11.7 Å². The van der Waals surface area contributed by atoms with Crippen molar-refractivity contribution in [2.24, 2.45) is 5.92 Å². The van der Waals surface area contributed by atoms with E-state index < -0.39 is 0 Å². The van der Waals surface area contributed by atoms with Crippen molar-refractivity contribution in [2.45, 2.75) is 32.9 Å². The minimum atomic E-state index is 0.0753. The Morgan fingerprint density at radius 1 is 1.17 bits per heavy atom. The van der Waals surface area contributed by atoms with Crippen LogP contribution in [0.4, 0.5) is 0 Å². The lowest BCUT2D eigenvalue weighted by molar-refractivity contribution is 0.0831. The van der Waals surface area contributed by atoms with Crippen LogP contribution in [-0.4, -0.2) is 50.6 Å². The highest BCUT2D eigenvalue weighted by Gasteiger charge is 2.26. The maximum Gasteiger partial charge on any atom is 0.166 e. The summed E-state index contributed by atoms with van der Waals surface area (Å²) in [6.45, 7) is 5.74. The summed E-state index contributed by atoms with van der Waals surface area (Å²) in [7, 11) is 0. The second-order valence-corrected chi connectivity index (χ2v) is 8.24. The molecule has 0 aliphatic carbocycles. The smallest absolute Gasteiger partial charge is 0.166 e. The van der Waals surface area contributed by atoms with E-state index in [1.165, 1.54) is 4.88 Å². The van der Waals surface area contributed by atoms with Crippen molar-refractivity contribution in [2.75, 3.05) is 19.7 Å². The molecular weight excluding hydrogens is 386 g/mol. The number of thiophene rings is 1. The number of ketones is 1. The number of aromatic nitrogens is 4. The highest BCUT2D eigenvalue weighted by molar-refractivity contribution is 7.09. The normalized spacial score (nSPS) is 15.5. The van der Waals surface area contributed by atoms with Gasteiger partial charge in [-0.1, -0.05) is 6.07 Å². The highest BCUT2D eigenvalue weighted by atomic mass is 32.1. The molecule has 0 radical (unpaired) electrons. The van der Waals surface area contributed by atoms with E-state index in [0.717, 1.165) is 43.1 Å². The summed E-state index contributed by atoms with van der Waals surface area (Å²) in [4.78, 5) is 16.4. The molecule has 2 aromatic heterocycles. The predicted molar refractivity (Wildman–Crippen MR) is 111 cm³/mol. The molecule has 0 bridgehead atoms. The lowest BCUT2D eigenvalue weighted by atomic mass is 9.89. The highest BCUT2D eigenvalue weighted by Crippen LogP contribution is 2.24. The van der Waals surface area contributed by atoms with Crippen molar-refractivity contribution < 1.29 is 9.53 Å². The Kier molecular flexibility index (Phi) is 6.31. The van der Waals surface area contributed by atoms with Gasteiger partial charge in [0.25, 0.3) is 0 Å². The second kappa shape index (κ2) is 9.28. The van der Waals surface area contributed by atoms with Crippen LogP contribution in [0.2, 0.25) is 0 Å². The third-order valence-corrected chi connectivity index (χ3v) is 6.13. The number of hydrogen-bond donors (Lipinski definition) is 0. The summed E-state index contributed by atoms with van der Waals surface area (Å²) in [6, 6.07) is 11.6. The molecule has 0 spiro atoms. The van der Waals surface area contributed by atoms with Gasteiger partial charge in [-0.05, 0) is 79.0 Å². The molecular formula is C21H25N5O2S. The molecule has 0 unspecified atom stereocenters. The third-order valence-electron chi connectivity index (χ3n) is 5.27. The van der Waals surface area contributed by atoms with Gasteiger partial charge in [-0.3, -0.25) is 9.69 Å². The maximum absolute atomic E-state index is 12.8. The number of hydrogen-bond acceptors (Lipinski definition) is 7. The van der Waals surface area contributed by atoms with Crippen LogP contribution in [-0.2, 0) is 13.1 Å². The molecule has 29 heavy (non-hydrogen) atoms. The van der Waals surface area contributed by atoms with Crippen LogP contribution in [0.25, 0.3) is 0 Å². The molecule has 0 atom stereocenters. The number of tetrazole rings is 1. The molecule has 1 aromatic carbocycles. The van der Waals surface area contributed by atoms with E-state index in [9.17, 15) is 4.79 Å². The van der Waals surface area contributed by atoms with Crippen LogP contribution in [0, 0.1) is 5.92 Å². The number of likely N-dealkylation sites (tertiary alicyclic amines) is 1. The largest absolute Gasteiger partial charge is 0.494 e. The Bertz CT molecular complexity index is 915. The number of carbonyl (C=O) groups excluding carboxylic acids is 1. The summed E-state index contributed by atoms with van der Waals surface area (Å²) >= 11 is 1.71. The number of benzene rings is 1. The molecule has 7 nitrogen and oxygen atoms in total. The van der Waals surface area contributed by atoms with Gasteiger partial charge >= 0.3 is 0 Å². The molecule has 152 valence electrons. The molecule has 8 heteroatoms. The van der Waals surface area contributed by atoms with Crippen LogP contribution in [0.3, 0.4) is 0 Å². The van der Waals surface area contributed by atoms with Gasteiger partial charge in [0, 0.05) is 16.4 Å². The SMILES string of the molecule is CCOc1ccc(C(=O)C2CCN(Cc3nnnn3Cc3cccs3)CC2)cc1. The molecule has 1 saturated heterocycles. The molecule has 1 fully saturated rings. The number of Topliss-reactive ketones (excluding diaryl/α,β-unsaturated/α-hetero) is 1. The lowest BCUT2D eigenvalue weighted by Crippen LogP contribution is -2.36. The Hall–Kier alpha value is -2.58. The summed E-state index contributed by atoms with van der Waals surface area (Å²) in [5.41, 5.74) is 0.770. The van der Waals surface area contributed by atoms with Gasteiger partial charge in [0.2, 0.25) is 0 Å². The zero-order valence-corrected chi connectivity index (χ0v) is 17.3. The van der Waals surface area contributed by atoms with Crippen molar-refractivity contribution in [1.29, 1.82) is 0 Å². The first-order valence-corrected chi connectivity index (χ1v) is 10.9. The zero-order chi connectivity index (χ0) is 20.1. The van der Waals surface area contributed by atoms with E-state index >= 15 is 0 Å². The van der Waals surface area contributed by atoms with Crippen molar-refractivity contribution in [3.63, 3.8) is 0 Å². The van der Waals surface area contributed by atoms with E-state index in [1.54, 1.807) is 11.3 Å². The van der Waals surface area contributed by atoms with Gasteiger partial charge in [0.15, 0.2) is 11.6 Å². The summed E-state index contributed by atoms with van der Waals surface area (Å²) in [6.07, 6.45) is 1.72. The van der Waals surface area contributed by atoms with Crippen molar-refractivity contribution >= 4 is 17.1 Å². The molecule has 0 amide bonds. The summed E-state index contributed by atoms with van der Waals surface area (Å²) in [5, 5.41) is 14.2. The molecule has 3 aromatic rings. The summed E-state index contributed by atoms with van der Waals surface area (Å²) in [5.74, 6) is 1.98. The number of piperidine rings is 1. The van der Waals surface area contributed by atoms with E-state index in [1.807, 2.05) is 41.9 Å². The van der Waals surface area contributed by atoms with Crippen molar-refractivity contribution in [3.05, 3.63) is 58.0 Å². The van der Waals surface area contributed by atoms with Crippen LogP contribution < -0.4 is 4.74 Å². The van der Waals surface area contributed by atoms with Crippen LogP contribution in [0.1, 0.15) is 40.8 Å². The average molecular weight is 412 g/mol. The molecule has 3 heterocycles. The molecule has 1 aliphatic rings. The standard InChI is InChI=1S/C21H25N5O2S/c1-2-28-18-7-5-16(6-8-18)21(27)17-9-11-25(12-10-17)15-20-22-23-24-26(20)14-19-4-3-13-29-19/h3-8,13,17H,2,9-12,14-15H2,1H3. The van der Waals surface area contributed by atoms with E-state index in [2.05, 4.69) is 31.9 Å². The second-order valence-electron chi connectivity index (χ2n) is 7.20. The fraction of sp³-hybridized carbons (Fsp3) is 0.429. The first-order chi connectivity index (χ1) is 14.2. The number of ether oxygens (including phenoxy) is 1. The average Bonchev–Trinajstić information content (AvgIpc) is 3.42. The topological polar surface area (TPSA) is 73.1 Å². The zero-order valence-electron chi connectivity index (χ0n) is 16.5. The lowest BCUT2D eigenvalue weighted by Gasteiger charge is -2.30. The first-order valence-electron chi connectivity index (χ1n) is 9.99. The molecule has 1 aliphatic heterocycles. The number of carbonyl (C=O) groups is 1. The summed E-state index contributed by atoms with van der Waals surface area (Å²) < 4.78 is 7.32. The minimum absolute atomic E-state index is 0.0753. The van der Waals surface area contributed by atoms with Crippen molar-refractivity contribution in [3.8, 4) is 5.75 Å². The third kappa shape index (κ3) is 4.89. The Balaban J connectivity index is 1.30. The van der Waals surface area contributed by atoms with Crippen molar-refractivity contribution in [1.82, 2.24) is 25.1 Å². The minimum Gasteiger partial charge on any atom is -0.494 e. The van der Waals surface area contributed by atoms with Gasteiger partial charge in [-0.2, -0.15) is 0 Å². The van der Waals surface area contributed by atoms with E-state index in [4.69, 9.17) is 4.74 Å². The van der Waals surface area contributed by atoms with Crippen LogP contribution in [0.15, 0.2) is 41.8 Å². The molecule has 0 N–H and O–H groups in total. The Morgan fingerprint density at radius 2 is 1.97 bits per heavy atom. The monoisotopic (exact) mass is 411 g/mol. The van der Waals surface area contributed by atoms with Crippen LogP contribution >= 0.6 is 11.3 Å². The fourth-order valence-corrected chi connectivity index (χ4v) is 4.37. The quantitative estimate of drug-likeness (QED) is 0.530. The Labute approximate surface area is 174 Å².